The predicted octanol–water partition coefficient (Wildman–Crippen LogP) is 4.35. The highest BCUT2D eigenvalue weighted by Crippen LogP contribution is 2.28. The molecule has 3 aromatic rings. The Morgan fingerprint density at radius 3 is 2.54 bits per heavy atom. The van der Waals surface area contributed by atoms with Crippen molar-refractivity contribution in [3.05, 3.63) is 88.5 Å². The number of amides is 3. The van der Waals surface area contributed by atoms with Gasteiger partial charge in [0, 0.05) is 48.4 Å². The third kappa shape index (κ3) is 5.64. The molecule has 1 atom stereocenters. The summed E-state index contributed by atoms with van der Waals surface area (Å²) in [6.07, 6.45) is 2.71. The molecule has 3 aliphatic rings. The van der Waals surface area contributed by atoms with Gasteiger partial charge in [-0.1, -0.05) is 30.3 Å². The number of carbonyl (C=O) groups is 3. The molecular weight excluding hydrogens is 484 g/mol. The monoisotopic (exact) mass is 514 g/mol. The molecule has 0 aromatic heterocycles. The molecule has 0 saturated carbocycles. The molecule has 0 saturated heterocycles. The summed E-state index contributed by atoms with van der Waals surface area (Å²) in [7, 11) is 1.76. The third-order valence-electron chi connectivity index (χ3n) is 6.92. The Bertz CT molecular complexity index is 1360. The number of rotatable bonds is 2. The van der Waals surface area contributed by atoms with Crippen LogP contribution < -0.4 is 16.0 Å². The van der Waals surface area contributed by atoms with Gasteiger partial charge < -0.3 is 20.9 Å². The Morgan fingerprint density at radius 2 is 1.73 bits per heavy atom. The van der Waals surface area contributed by atoms with E-state index in [4.69, 9.17) is 0 Å². The number of nitrogens with zero attached hydrogens (tertiary/aromatic N) is 1. The zero-order valence-electron chi connectivity index (χ0n) is 20.7. The Hall–Kier alpha value is -3.78. The van der Waals surface area contributed by atoms with Crippen molar-refractivity contribution in [3.63, 3.8) is 0 Å². The Balaban J connectivity index is 1.49. The smallest absolute Gasteiger partial charge is 0.251 e. The summed E-state index contributed by atoms with van der Waals surface area (Å²) in [6.45, 7) is 0.957. The second-order valence-corrected chi connectivity index (χ2v) is 10.1. The number of thiol groups is 1. The molecule has 8 heteroatoms. The third-order valence-corrected chi connectivity index (χ3v) is 7.36. The maximum Gasteiger partial charge on any atom is 0.251 e. The summed E-state index contributed by atoms with van der Waals surface area (Å²) in [5.41, 5.74) is 5.82. The minimum Gasteiger partial charge on any atom is -0.370 e. The zero-order valence-corrected chi connectivity index (χ0v) is 21.6. The minimum absolute atomic E-state index is 0.0333. The summed E-state index contributed by atoms with van der Waals surface area (Å²) in [5.74, 6) is -0.248. The second-order valence-electron chi connectivity index (χ2n) is 9.64. The van der Waals surface area contributed by atoms with Gasteiger partial charge in [0.15, 0.2) is 0 Å². The van der Waals surface area contributed by atoms with Crippen LogP contribution in [0.2, 0.25) is 0 Å². The van der Waals surface area contributed by atoms with Crippen LogP contribution in [0.5, 0.6) is 0 Å². The molecule has 3 amide bonds. The molecule has 0 fully saturated rings. The van der Waals surface area contributed by atoms with Crippen molar-refractivity contribution in [3.8, 4) is 0 Å². The number of anilines is 2. The van der Waals surface area contributed by atoms with Crippen LogP contribution in [0.3, 0.4) is 0 Å². The average molecular weight is 515 g/mol. The minimum atomic E-state index is -0.650. The lowest BCUT2D eigenvalue weighted by Gasteiger charge is -2.27. The number of nitrogens with one attached hydrogen (secondary N) is 3. The van der Waals surface area contributed by atoms with Crippen LogP contribution in [0.25, 0.3) is 0 Å². The standard InChI is InChI=1S/C29H30N4O3S/c1-33-17-21-15-22(11-12-25(21)37)31-26(34)4-2-3-18-5-7-20(8-6-18)27(29(33)36)32-23-10-9-19-13-14-30-28(35)24(19)16-23/h5-12,15-16,27,32,37H,2-4,13-14,17H2,1H3,(H,30,35)(H,31,34)/t27-/m1/s1. The molecule has 7 nitrogen and oxygen atoms in total. The number of aryl methyl sites for hydroxylation is 1. The van der Waals surface area contributed by atoms with Gasteiger partial charge in [-0.2, -0.15) is 0 Å². The maximum absolute atomic E-state index is 13.8. The second kappa shape index (κ2) is 10.7. The quantitative estimate of drug-likeness (QED) is 0.383. The molecule has 4 bridgehead atoms. The first-order valence-electron chi connectivity index (χ1n) is 12.5. The van der Waals surface area contributed by atoms with Crippen LogP contribution in [0.1, 0.15) is 51.5 Å². The van der Waals surface area contributed by atoms with Gasteiger partial charge in [-0.25, -0.2) is 0 Å². The maximum atomic E-state index is 13.8. The molecule has 0 unspecified atom stereocenters. The number of carbonyl (C=O) groups excluding carboxylic acids is 3. The molecule has 0 aliphatic carbocycles. The highest BCUT2D eigenvalue weighted by molar-refractivity contribution is 7.80. The van der Waals surface area contributed by atoms with Gasteiger partial charge in [-0.05, 0) is 71.8 Å². The summed E-state index contributed by atoms with van der Waals surface area (Å²) in [5, 5.41) is 9.23. The van der Waals surface area contributed by atoms with E-state index in [1.54, 1.807) is 11.9 Å². The van der Waals surface area contributed by atoms with Gasteiger partial charge in [0.1, 0.15) is 6.04 Å². The van der Waals surface area contributed by atoms with Crippen LogP contribution in [0.4, 0.5) is 11.4 Å². The van der Waals surface area contributed by atoms with E-state index in [9.17, 15) is 14.4 Å². The number of fused-ring (bicyclic) bond motifs is 10. The van der Waals surface area contributed by atoms with Crippen LogP contribution in [-0.4, -0.2) is 36.2 Å². The van der Waals surface area contributed by atoms with E-state index in [2.05, 4.69) is 28.6 Å². The van der Waals surface area contributed by atoms with E-state index in [0.29, 0.717) is 36.4 Å². The van der Waals surface area contributed by atoms with E-state index >= 15 is 0 Å². The van der Waals surface area contributed by atoms with Gasteiger partial charge in [-0.3, -0.25) is 14.4 Å². The fourth-order valence-electron chi connectivity index (χ4n) is 4.85. The van der Waals surface area contributed by atoms with Crippen molar-refractivity contribution in [1.82, 2.24) is 10.2 Å². The van der Waals surface area contributed by atoms with Crippen LogP contribution >= 0.6 is 12.6 Å². The first kappa shape index (κ1) is 24.9. The molecule has 0 spiro atoms. The van der Waals surface area contributed by atoms with Crippen molar-refractivity contribution in [2.45, 2.75) is 43.2 Å². The summed E-state index contributed by atoms with van der Waals surface area (Å²) < 4.78 is 0. The fraction of sp³-hybridized carbons (Fsp3) is 0.276. The number of benzene rings is 3. The van der Waals surface area contributed by atoms with Crippen molar-refractivity contribution in [1.29, 1.82) is 0 Å². The molecule has 3 aromatic carbocycles. The Labute approximate surface area is 222 Å². The lowest BCUT2D eigenvalue weighted by Crippen LogP contribution is -2.35. The molecule has 3 heterocycles. The molecule has 3 aliphatic heterocycles. The highest BCUT2D eigenvalue weighted by Gasteiger charge is 2.26. The molecule has 3 N–H and O–H groups in total. The van der Waals surface area contributed by atoms with Crippen molar-refractivity contribution in [2.24, 2.45) is 0 Å². The van der Waals surface area contributed by atoms with Gasteiger partial charge in [0.05, 0.1) is 0 Å². The lowest BCUT2D eigenvalue weighted by atomic mass is 9.98. The Kier molecular flexibility index (Phi) is 7.19. The number of hydrogen-bond donors (Lipinski definition) is 4. The van der Waals surface area contributed by atoms with Crippen molar-refractivity contribution in [2.75, 3.05) is 24.2 Å². The normalized spacial score (nSPS) is 18.2. The predicted molar refractivity (Wildman–Crippen MR) is 147 cm³/mol. The SMILES string of the molecule is CN1Cc2cc(ccc2S)NC(=O)CCCc2ccc(cc2)[C@@H](Nc2ccc3c(c2)C(=O)NCC3)C1=O. The highest BCUT2D eigenvalue weighted by atomic mass is 32.1. The van der Waals surface area contributed by atoms with Gasteiger partial charge in [0.2, 0.25) is 11.8 Å². The van der Waals surface area contributed by atoms with E-state index in [0.717, 1.165) is 46.4 Å². The lowest BCUT2D eigenvalue weighted by molar-refractivity contribution is -0.131. The van der Waals surface area contributed by atoms with E-state index in [1.165, 1.54) is 0 Å². The molecular formula is C29H30N4O3S. The molecule has 6 rings (SSSR count). The average Bonchev–Trinajstić information content (AvgIpc) is 2.89. The number of hydrogen-bond acceptors (Lipinski definition) is 5. The van der Waals surface area contributed by atoms with E-state index in [-0.39, 0.29) is 17.7 Å². The van der Waals surface area contributed by atoms with Gasteiger partial charge in [0.25, 0.3) is 5.91 Å². The van der Waals surface area contributed by atoms with E-state index < -0.39 is 6.04 Å². The summed E-state index contributed by atoms with van der Waals surface area (Å²) in [6, 6.07) is 18.5. The van der Waals surface area contributed by atoms with Crippen molar-refractivity contribution >= 4 is 41.7 Å². The van der Waals surface area contributed by atoms with Crippen LogP contribution in [0, 0.1) is 0 Å². The van der Waals surface area contributed by atoms with E-state index in [1.807, 2.05) is 60.7 Å². The summed E-state index contributed by atoms with van der Waals surface area (Å²) in [4.78, 5) is 41.1. The van der Waals surface area contributed by atoms with Crippen LogP contribution in [-0.2, 0) is 29.0 Å². The molecule has 0 radical (unpaired) electrons. The topological polar surface area (TPSA) is 90.5 Å². The Morgan fingerprint density at radius 1 is 0.919 bits per heavy atom. The first-order chi connectivity index (χ1) is 17.9. The van der Waals surface area contributed by atoms with Crippen LogP contribution in [0.15, 0.2) is 65.6 Å². The van der Waals surface area contributed by atoms with Crippen molar-refractivity contribution < 1.29 is 14.4 Å². The number of likely N-dealkylation sites (N-methyl/N-ethyl adjacent to an activating group) is 1. The largest absolute Gasteiger partial charge is 0.370 e. The fourth-order valence-corrected chi connectivity index (χ4v) is 5.06. The van der Waals surface area contributed by atoms with Gasteiger partial charge >= 0.3 is 0 Å². The van der Waals surface area contributed by atoms with Gasteiger partial charge in [-0.15, -0.1) is 12.6 Å². The molecule has 190 valence electrons. The summed E-state index contributed by atoms with van der Waals surface area (Å²) >= 11 is 4.58. The zero-order chi connectivity index (χ0) is 25.9. The first-order valence-corrected chi connectivity index (χ1v) is 13.0. The molecule has 37 heavy (non-hydrogen) atoms.